The third kappa shape index (κ3) is 3.21. The van der Waals surface area contributed by atoms with Gasteiger partial charge in [0.2, 0.25) is 0 Å². The fraction of sp³-hybridized carbons (Fsp3) is 0.333. The van der Waals surface area contributed by atoms with Gasteiger partial charge in [-0.2, -0.15) is 0 Å². The number of hydrogen-bond donors (Lipinski definition) is 1. The molecule has 2 heteroatoms. The van der Waals surface area contributed by atoms with Crippen LogP contribution in [-0.2, 0) is 0 Å². The van der Waals surface area contributed by atoms with Gasteiger partial charge in [-0.25, -0.2) is 0 Å². The topological polar surface area (TPSA) is 12.0 Å². The molecule has 0 saturated carbocycles. The summed E-state index contributed by atoms with van der Waals surface area (Å²) < 4.78 is 0. The quantitative estimate of drug-likeness (QED) is 0.802. The van der Waals surface area contributed by atoms with Gasteiger partial charge in [-0.3, -0.25) is 0 Å². The Bertz CT molecular complexity index is 493. The minimum absolute atomic E-state index is 0.0296. The van der Waals surface area contributed by atoms with Crippen LogP contribution in [0.3, 0.4) is 0 Å². The first-order valence-corrected chi connectivity index (χ1v) is 6.46. The predicted molar refractivity (Wildman–Crippen MR) is 75.7 cm³/mol. The van der Waals surface area contributed by atoms with E-state index in [1.165, 1.54) is 16.3 Å². The first-order valence-electron chi connectivity index (χ1n) is 6.03. The molecule has 2 rings (SSSR count). The normalized spacial score (nSPS) is 13.2. The lowest BCUT2D eigenvalue weighted by atomic mass is 10.0. The Morgan fingerprint density at radius 3 is 2.47 bits per heavy atom. The van der Waals surface area contributed by atoms with Gasteiger partial charge in [0.1, 0.15) is 0 Å². The Balaban J connectivity index is 2.18. The maximum atomic E-state index is 6.39. The summed E-state index contributed by atoms with van der Waals surface area (Å²) >= 11 is 6.39. The molecular formula is C15H18ClN. The van der Waals surface area contributed by atoms with Gasteiger partial charge < -0.3 is 5.32 Å². The van der Waals surface area contributed by atoms with E-state index in [0.717, 1.165) is 6.54 Å². The van der Waals surface area contributed by atoms with Gasteiger partial charge >= 0.3 is 0 Å². The van der Waals surface area contributed by atoms with Crippen molar-refractivity contribution < 1.29 is 0 Å². The van der Waals surface area contributed by atoms with Gasteiger partial charge in [0.05, 0.1) is 5.38 Å². The average Bonchev–Trinajstić information content (AvgIpc) is 2.35. The number of fused-ring (bicyclic) bond motifs is 1. The van der Waals surface area contributed by atoms with E-state index in [-0.39, 0.29) is 5.38 Å². The molecule has 0 spiro atoms. The monoisotopic (exact) mass is 247 g/mol. The molecule has 0 saturated heterocycles. The second kappa shape index (κ2) is 5.52. The van der Waals surface area contributed by atoms with Crippen molar-refractivity contribution in [3.63, 3.8) is 0 Å². The van der Waals surface area contributed by atoms with Gasteiger partial charge in [0.25, 0.3) is 0 Å². The van der Waals surface area contributed by atoms with Crippen molar-refractivity contribution in [2.24, 2.45) is 0 Å². The van der Waals surface area contributed by atoms with Crippen LogP contribution in [0.25, 0.3) is 10.8 Å². The molecule has 1 N–H and O–H groups in total. The zero-order valence-electron chi connectivity index (χ0n) is 10.3. The van der Waals surface area contributed by atoms with Gasteiger partial charge in [-0.05, 0) is 22.4 Å². The zero-order valence-corrected chi connectivity index (χ0v) is 11.0. The maximum Gasteiger partial charge on any atom is 0.0710 e. The van der Waals surface area contributed by atoms with Crippen LogP contribution in [0.5, 0.6) is 0 Å². The van der Waals surface area contributed by atoms with Crippen LogP contribution < -0.4 is 5.32 Å². The molecule has 0 amide bonds. The number of rotatable bonds is 4. The van der Waals surface area contributed by atoms with Crippen LogP contribution in [0.15, 0.2) is 42.5 Å². The van der Waals surface area contributed by atoms with Crippen molar-refractivity contribution in [2.75, 3.05) is 6.54 Å². The van der Waals surface area contributed by atoms with Crippen molar-refractivity contribution in [1.29, 1.82) is 0 Å². The summed E-state index contributed by atoms with van der Waals surface area (Å²) in [5.41, 5.74) is 1.18. The molecule has 0 bridgehead atoms. The Morgan fingerprint density at radius 1 is 1.06 bits per heavy atom. The molecule has 0 aliphatic carbocycles. The van der Waals surface area contributed by atoms with Gasteiger partial charge in [-0.15, -0.1) is 11.6 Å². The zero-order chi connectivity index (χ0) is 12.3. The van der Waals surface area contributed by atoms with Gasteiger partial charge in [0, 0.05) is 12.6 Å². The minimum atomic E-state index is 0.0296. The van der Waals surface area contributed by atoms with Crippen molar-refractivity contribution >= 4 is 22.4 Å². The van der Waals surface area contributed by atoms with Crippen LogP contribution in [-0.4, -0.2) is 12.6 Å². The summed E-state index contributed by atoms with van der Waals surface area (Å²) in [7, 11) is 0. The van der Waals surface area contributed by atoms with E-state index in [1.807, 2.05) is 0 Å². The molecule has 0 heterocycles. The van der Waals surface area contributed by atoms with E-state index in [4.69, 9.17) is 11.6 Å². The lowest BCUT2D eigenvalue weighted by Crippen LogP contribution is -2.26. The average molecular weight is 248 g/mol. The number of nitrogens with one attached hydrogen (secondary N) is 1. The molecule has 2 aromatic rings. The Labute approximate surface area is 108 Å². The lowest BCUT2D eigenvalue weighted by Gasteiger charge is -2.14. The van der Waals surface area contributed by atoms with E-state index in [2.05, 4.69) is 61.6 Å². The molecule has 1 atom stereocenters. The van der Waals surface area contributed by atoms with E-state index in [1.54, 1.807) is 0 Å². The highest BCUT2D eigenvalue weighted by molar-refractivity contribution is 6.21. The van der Waals surface area contributed by atoms with Crippen LogP contribution in [0.4, 0.5) is 0 Å². The van der Waals surface area contributed by atoms with E-state index in [9.17, 15) is 0 Å². The summed E-state index contributed by atoms with van der Waals surface area (Å²) in [6, 6.07) is 15.2. The summed E-state index contributed by atoms with van der Waals surface area (Å²) in [5, 5.41) is 5.90. The summed E-state index contributed by atoms with van der Waals surface area (Å²) in [6.45, 7) is 5.06. The number of hydrogen-bond acceptors (Lipinski definition) is 1. The fourth-order valence-electron chi connectivity index (χ4n) is 1.86. The van der Waals surface area contributed by atoms with Crippen LogP contribution in [0.2, 0.25) is 0 Å². The molecule has 0 aromatic heterocycles. The highest BCUT2D eigenvalue weighted by Crippen LogP contribution is 2.24. The Morgan fingerprint density at radius 2 is 1.76 bits per heavy atom. The van der Waals surface area contributed by atoms with E-state index >= 15 is 0 Å². The van der Waals surface area contributed by atoms with Crippen molar-refractivity contribution in [3.05, 3.63) is 48.0 Å². The molecule has 0 fully saturated rings. The largest absolute Gasteiger partial charge is 0.313 e. The molecule has 2 aromatic carbocycles. The van der Waals surface area contributed by atoms with Gasteiger partial charge in [0.15, 0.2) is 0 Å². The molecule has 0 radical (unpaired) electrons. The SMILES string of the molecule is CC(C)NCC(Cl)c1ccc2ccccc2c1. The summed E-state index contributed by atoms with van der Waals surface area (Å²) in [5.74, 6) is 0. The highest BCUT2D eigenvalue weighted by atomic mass is 35.5. The Hall–Kier alpha value is -1.05. The predicted octanol–water partition coefficient (Wildman–Crippen LogP) is 4.12. The van der Waals surface area contributed by atoms with Crippen molar-refractivity contribution in [1.82, 2.24) is 5.32 Å². The molecule has 17 heavy (non-hydrogen) atoms. The number of alkyl halides is 1. The summed E-state index contributed by atoms with van der Waals surface area (Å²) in [6.07, 6.45) is 0. The van der Waals surface area contributed by atoms with Crippen LogP contribution in [0, 0.1) is 0 Å². The molecular weight excluding hydrogens is 230 g/mol. The number of benzene rings is 2. The standard InChI is InChI=1S/C15H18ClN/c1-11(2)17-10-15(16)14-8-7-12-5-3-4-6-13(12)9-14/h3-9,11,15,17H,10H2,1-2H3. The minimum Gasteiger partial charge on any atom is -0.313 e. The first-order chi connectivity index (χ1) is 8.16. The molecule has 0 aliphatic rings. The maximum absolute atomic E-state index is 6.39. The number of halogens is 1. The van der Waals surface area contributed by atoms with Gasteiger partial charge in [-0.1, -0.05) is 50.2 Å². The highest BCUT2D eigenvalue weighted by Gasteiger charge is 2.08. The Kier molecular flexibility index (Phi) is 4.03. The van der Waals surface area contributed by atoms with Crippen molar-refractivity contribution in [3.8, 4) is 0 Å². The third-order valence-electron chi connectivity index (χ3n) is 2.84. The van der Waals surface area contributed by atoms with Crippen LogP contribution >= 0.6 is 11.6 Å². The van der Waals surface area contributed by atoms with Crippen molar-refractivity contribution in [2.45, 2.75) is 25.3 Å². The molecule has 1 unspecified atom stereocenters. The van der Waals surface area contributed by atoms with Crippen LogP contribution in [0.1, 0.15) is 24.8 Å². The smallest absolute Gasteiger partial charge is 0.0710 e. The second-order valence-electron chi connectivity index (χ2n) is 4.64. The summed E-state index contributed by atoms with van der Waals surface area (Å²) in [4.78, 5) is 0. The third-order valence-corrected chi connectivity index (χ3v) is 3.25. The van der Waals surface area contributed by atoms with E-state index in [0.29, 0.717) is 6.04 Å². The lowest BCUT2D eigenvalue weighted by molar-refractivity contribution is 0.583. The molecule has 90 valence electrons. The molecule has 0 aliphatic heterocycles. The van der Waals surface area contributed by atoms with E-state index < -0.39 is 0 Å². The fourth-order valence-corrected chi connectivity index (χ4v) is 2.08. The second-order valence-corrected chi connectivity index (χ2v) is 5.16. The molecule has 1 nitrogen and oxygen atoms in total. The first kappa shape index (κ1) is 12.4.